The zero-order chi connectivity index (χ0) is 18.9. The predicted octanol–water partition coefficient (Wildman–Crippen LogP) is 2.97. The fourth-order valence-electron chi connectivity index (χ4n) is 5.42. The molecule has 0 amide bonds. The monoisotopic (exact) mass is 377 g/mol. The molecule has 1 aromatic carbocycles. The van der Waals surface area contributed by atoms with E-state index in [1.807, 2.05) is 12.4 Å². The number of rotatable bonds is 5. The van der Waals surface area contributed by atoms with Crippen LogP contribution in [0.1, 0.15) is 36.5 Å². The van der Waals surface area contributed by atoms with Gasteiger partial charge in [-0.05, 0) is 49.7 Å². The van der Waals surface area contributed by atoms with Gasteiger partial charge in [-0.25, -0.2) is 9.97 Å². The number of nitrogens with one attached hydrogen (secondary N) is 1. The lowest BCUT2D eigenvalue weighted by Crippen LogP contribution is -2.44. The molecule has 28 heavy (non-hydrogen) atoms. The minimum absolute atomic E-state index is 0.663. The summed E-state index contributed by atoms with van der Waals surface area (Å²) in [4.78, 5) is 14.4. The van der Waals surface area contributed by atoms with Crippen LogP contribution < -0.4 is 5.32 Å². The predicted molar refractivity (Wildman–Crippen MR) is 112 cm³/mol. The van der Waals surface area contributed by atoms with Crippen molar-refractivity contribution in [1.82, 2.24) is 19.8 Å². The second kappa shape index (κ2) is 7.80. The van der Waals surface area contributed by atoms with Gasteiger partial charge >= 0.3 is 0 Å². The Balaban J connectivity index is 1.25. The van der Waals surface area contributed by atoms with Gasteiger partial charge in [0.25, 0.3) is 0 Å². The molecule has 3 saturated heterocycles. The second-order valence-electron chi connectivity index (χ2n) is 8.76. The van der Waals surface area contributed by atoms with Crippen LogP contribution in [0.5, 0.6) is 0 Å². The maximum absolute atomic E-state index is 4.46. The summed E-state index contributed by atoms with van der Waals surface area (Å²) in [7, 11) is 0. The fourth-order valence-corrected chi connectivity index (χ4v) is 5.42. The van der Waals surface area contributed by atoms with Gasteiger partial charge in [-0.1, -0.05) is 24.3 Å². The van der Waals surface area contributed by atoms with E-state index in [0.29, 0.717) is 12.1 Å². The van der Waals surface area contributed by atoms with Gasteiger partial charge in [0.2, 0.25) is 5.95 Å². The Labute approximate surface area is 168 Å². The minimum atomic E-state index is 0.663. The SMILES string of the molecule is CCNc1ncc(CN2C[C@H]3CC[C@@H]2CN(C2Cc4ccccc4C2)C3)cn1. The van der Waals surface area contributed by atoms with Crippen molar-refractivity contribution >= 4 is 5.95 Å². The standard InChI is InChI=1S/C23H31N5/c1-2-24-23-25-11-18(12-26-23)15-27-13-17-7-8-21(27)16-28(14-17)22-9-19-5-3-4-6-20(19)10-22/h3-6,11-12,17,21-22H,2,7-10,13-16H2,1H3,(H,24,25,26)/t17-,21-/m1/s1. The molecule has 2 atom stereocenters. The van der Waals surface area contributed by atoms with Gasteiger partial charge in [0, 0.05) is 62.8 Å². The molecule has 5 heteroatoms. The fraction of sp³-hybridized carbons (Fsp3) is 0.565. The quantitative estimate of drug-likeness (QED) is 0.868. The molecule has 0 unspecified atom stereocenters. The van der Waals surface area contributed by atoms with Crippen LogP contribution in [0.25, 0.3) is 0 Å². The molecule has 1 N–H and O–H groups in total. The number of benzene rings is 1. The van der Waals surface area contributed by atoms with E-state index in [1.54, 1.807) is 11.1 Å². The topological polar surface area (TPSA) is 44.3 Å². The summed E-state index contributed by atoms with van der Waals surface area (Å²) < 4.78 is 0. The van der Waals surface area contributed by atoms with Crippen molar-refractivity contribution in [3.05, 3.63) is 53.3 Å². The first kappa shape index (κ1) is 18.1. The summed E-state index contributed by atoms with van der Waals surface area (Å²) in [5.41, 5.74) is 4.37. The molecule has 1 aliphatic carbocycles. The molecule has 0 saturated carbocycles. The Hall–Kier alpha value is -1.98. The second-order valence-corrected chi connectivity index (χ2v) is 8.76. The number of anilines is 1. The highest BCUT2D eigenvalue weighted by molar-refractivity contribution is 5.33. The third-order valence-electron chi connectivity index (χ3n) is 6.83. The van der Waals surface area contributed by atoms with Crippen molar-refractivity contribution < 1.29 is 0 Å². The first-order chi connectivity index (χ1) is 13.8. The van der Waals surface area contributed by atoms with Gasteiger partial charge in [-0.3, -0.25) is 9.80 Å². The van der Waals surface area contributed by atoms with E-state index in [4.69, 9.17) is 0 Å². The molecule has 0 spiro atoms. The van der Waals surface area contributed by atoms with E-state index < -0.39 is 0 Å². The smallest absolute Gasteiger partial charge is 0.222 e. The van der Waals surface area contributed by atoms with Crippen LogP contribution in [0, 0.1) is 5.92 Å². The van der Waals surface area contributed by atoms with Crippen LogP contribution >= 0.6 is 0 Å². The van der Waals surface area contributed by atoms with Gasteiger partial charge in [-0.15, -0.1) is 0 Å². The van der Waals surface area contributed by atoms with Crippen LogP contribution in [0.3, 0.4) is 0 Å². The van der Waals surface area contributed by atoms with E-state index in [-0.39, 0.29) is 0 Å². The summed E-state index contributed by atoms with van der Waals surface area (Å²) in [6, 6.07) is 10.4. The number of fused-ring (bicyclic) bond motifs is 5. The van der Waals surface area contributed by atoms with Crippen LogP contribution in [-0.2, 0) is 19.4 Å². The molecule has 4 aliphatic rings. The Morgan fingerprint density at radius 3 is 2.43 bits per heavy atom. The van der Waals surface area contributed by atoms with Crippen molar-refractivity contribution in [2.75, 3.05) is 31.5 Å². The van der Waals surface area contributed by atoms with Crippen molar-refractivity contribution in [3.8, 4) is 0 Å². The van der Waals surface area contributed by atoms with Crippen molar-refractivity contribution in [2.24, 2.45) is 5.92 Å². The Morgan fingerprint density at radius 2 is 1.71 bits per heavy atom. The molecule has 2 bridgehead atoms. The first-order valence-corrected chi connectivity index (χ1v) is 10.9. The highest BCUT2D eigenvalue weighted by Crippen LogP contribution is 2.33. The molecule has 3 aliphatic heterocycles. The van der Waals surface area contributed by atoms with Gasteiger partial charge in [-0.2, -0.15) is 0 Å². The van der Waals surface area contributed by atoms with Gasteiger partial charge in [0.1, 0.15) is 0 Å². The van der Waals surface area contributed by atoms with E-state index in [0.717, 1.165) is 25.0 Å². The Bertz CT molecular complexity index is 780. The maximum atomic E-state index is 4.46. The highest BCUT2D eigenvalue weighted by Gasteiger charge is 2.38. The van der Waals surface area contributed by atoms with Crippen LogP contribution in [0.4, 0.5) is 5.95 Å². The molecule has 0 radical (unpaired) electrons. The number of aromatic nitrogens is 2. The maximum Gasteiger partial charge on any atom is 0.222 e. The molecular formula is C23H31N5. The Kier molecular flexibility index (Phi) is 5.03. The van der Waals surface area contributed by atoms with Crippen molar-refractivity contribution in [1.29, 1.82) is 0 Å². The lowest BCUT2D eigenvalue weighted by atomic mass is 9.94. The Morgan fingerprint density at radius 1 is 0.964 bits per heavy atom. The van der Waals surface area contributed by atoms with E-state index in [9.17, 15) is 0 Å². The van der Waals surface area contributed by atoms with Crippen LogP contribution in [0.15, 0.2) is 36.7 Å². The van der Waals surface area contributed by atoms with Gasteiger partial charge < -0.3 is 5.32 Å². The van der Waals surface area contributed by atoms with Crippen molar-refractivity contribution in [3.63, 3.8) is 0 Å². The first-order valence-electron chi connectivity index (χ1n) is 10.9. The highest BCUT2D eigenvalue weighted by atomic mass is 15.3. The molecule has 4 heterocycles. The molecule has 3 fully saturated rings. The van der Waals surface area contributed by atoms with E-state index in [1.165, 1.54) is 50.9 Å². The largest absolute Gasteiger partial charge is 0.355 e. The number of hydrogen-bond acceptors (Lipinski definition) is 5. The van der Waals surface area contributed by atoms with Gasteiger partial charge in [0.05, 0.1) is 0 Å². The zero-order valence-electron chi connectivity index (χ0n) is 16.8. The number of nitrogens with zero attached hydrogens (tertiary/aromatic N) is 4. The summed E-state index contributed by atoms with van der Waals surface area (Å²) >= 11 is 0. The third-order valence-corrected chi connectivity index (χ3v) is 6.83. The number of hydrogen-bond donors (Lipinski definition) is 1. The van der Waals surface area contributed by atoms with Gasteiger partial charge in [0.15, 0.2) is 0 Å². The van der Waals surface area contributed by atoms with E-state index in [2.05, 4.69) is 56.3 Å². The molecule has 5 nitrogen and oxygen atoms in total. The lowest BCUT2D eigenvalue weighted by molar-refractivity contribution is 0.120. The summed E-state index contributed by atoms with van der Waals surface area (Å²) in [5.74, 6) is 1.53. The molecule has 1 aromatic heterocycles. The molecule has 6 rings (SSSR count). The normalized spacial score (nSPS) is 25.6. The zero-order valence-corrected chi connectivity index (χ0v) is 16.8. The van der Waals surface area contributed by atoms with Crippen LogP contribution in [0.2, 0.25) is 0 Å². The van der Waals surface area contributed by atoms with E-state index >= 15 is 0 Å². The average Bonchev–Trinajstić information content (AvgIpc) is 2.95. The minimum Gasteiger partial charge on any atom is -0.355 e. The van der Waals surface area contributed by atoms with Crippen LogP contribution in [-0.4, -0.2) is 58.0 Å². The molecular weight excluding hydrogens is 346 g/mol. The third kappa shape index (κ3) is 3.65. The average molecular weight is 378 g/mol. The molecule has 148 valence electrons. The lowest BCUT2D eigenvalue weighted by Gasteiger charge is -2.36. The summed E-state index contributed by atoms with van der Waals surface area (Å²) in [6.07, 6.45) is 9.17. The summed E-state index contributed by atoms with van der Waals surface area (Å²) in [6.45, 7) is 7.60. The number of piperidine rings is 1. The molecule has 2 aromatic rings. The summed E-state index contributed by atoms with van der Waals surface area (Å²) in [5, 5.41) is 3.18. The van der Waals surface area contributed by atoms with Crippen molar-refractivity contribution in [2.45, 2.75) is 51.2 Å².